The maximum atomic E-state index is 12.9. The van der Waals surface area contributed by atoms with E-state index in [1.54, 1.807) is 0 Å². The third-order valence-corrected chi connectivity index (χ3v) is 6.44. The molecular weight excluding hydrogens is 454 g/mol. The quantitative estimate of drug-likeness (QED) is 0.491. The molecule has 3 N–H and O–H groups in total. The third-order valence-electron chi connectivity index (χ3n) is 6.44. The van der Waals surface area contributed by atoms with Gasteiger partial charge < -0.3 is 29.7 Å². The van der Waals surface area contributed by atoms with Crippen molar-refractivity contribution in [1.29, 1.82) is 0 Å². The van der Waals surface area contributed by atoms with E-state index in [-0.39, 0.29) is 43.3 Å². The molecule has 2 amide bonds. The number of carbonyl (C=O) groups is 3. The number of carboxylic acids is 1. The molecule has 0 saturated carbocycles. The van der Waals surface area contributed by atoms with E-state index in [0.29, 0.717) is 0 Å². The lowest BCUT2D eigenvalue weighted by Gasteiger charge is -2.20. The van der Waals surface area contributed by atoms with E-state index in [1.807, 2.05) is 48.5 Å². The van der Waals surface area contributed by atoms with Gasteiger partial charge in [0.25, 0.3) is 5.91 Å². The molecule has 10 heteroatoms. The van der Waals surface area contributed by atoms with Crippen LogP contribution in [0.4, 0.5) is 4.79 Å². The van der Waals surface area contributed by atoms with Gasteiger partial charge in [-0.2, -0.15) is 0 Å². The molecule has 5 rings (SSSR count). The second-order valence-electron chi connectivity index (χ2n) is 8.56. The summed E-state index contributed by atoms with van der Waals surface area (Å²) in [7, 11) is 0. The fourth-order valence-electron chi connectivity index (χ4n) is 4.79. The predicted molar refractivity (Wildman–Crippen MR) is 121 cm³/mol. The number of hydrogen-bond donors (Lipinski definition) is 3. The minimum atomic E-state index is -1.20. The lowest BCUT2D eigenvalue weighted by atomic mass is 9.98. The van der Waals surface area contributed by atoms with Gasteiger partial charge in [0, 0.05) is 18.9 Å². The zero-order valence-corrected chi connectivity index (χ0v) is 18.6. The number of nitrogens with one attached hydrogen (secondary N) is 1. The molecule has 180 valence electrons. The second kappa shape index (κ2) is 9.22. The molecule has 1 fully saturated rings. The van der Waals surface area contributed by atoms with Crippen LogP contribution in [0.3, 0.4) is 0 Å². The van der Waals surface area contributed by atoms with E-state index < -0.39 is 30.1 Å². The highest BCUT2D eigenvalue weighted by Crippen LogP contribution is 2.44. The van der Waals surface area contributed by atoms with Crippen LogP contribution >= 0.6 is 0 Å². The number of aliphatic hydroxyl groups excluding tert-OH is 1. The van der Waals surface area contributed by atoms with E-state index in [0.717, 1.165) is 33.4 Å². The SMILES string of the molecule is O=C(NCc1nocc1C(=O)N1C[C@@H](O)C[C@H]1C(=O)O)OCC1c2ccccc2-c2ccccc21. The molecule has 1 aliphatic carbocycles. The highest BCUT2D eigenvalue weighted by Gasteiger charge is 2.40. The summed E-state index contributed by atoms with van der Waals surface area (Å²) < 4.78 is 10.4. The number of hydrogen-bond acceptors (Lipinski definition) is 7. The molecule has 3 aromatic rings. The number of alkyl carbamates (subject to hydrolysis) is 1. The molecule has 2 atom stereocenters. The summed E-state index contributed by atoms with van der Waals surface area (Å²) in [4.78, 5) is 37.8. The van der Waals surface area contributed by atoms with Crippen LogP contribution in [0.1, 0.15) is 39.5 Å². The average molecular weight is 477 g/mol. The zero-order valence-electron chi connectivity index (χ0n) is 18.6. The molecule has 2 aliphatic rings. The number of rotatable bonds is 6. The van der Waals surface area contributed by atoms with Crippen molar-refractivity contribution < 1.29 is 33.9 Å². The van der Waals surface area contributed by atoms with Crippen LogP contribution in [0.2, 0.25) is 0 Å². The Balaban J connectivity index is 1.22. The van der Waals surface area contributed by atoms with Gasteiger partial charge in [0.1, 0.15) is 30.2 Å². The lowest BCUT2D eigenvalue weighted by molar-refractivity contribution is -0.141. The second-order valence-corrected chi connectivity index (χ2v) is 8.56. The molecule has 0 unspecified atom stereocenters. The van der Waals surface area contributed by atoms with Crippen molar-refractivity contribution >= 4 is 18.0 Å². The molecule has 0 bridgehead atoms. The van der Waals surface area contributed by atoms with Crippen LogP contribution in [0.5, 0.6) is 0 Å². The van der Waals surface area contributed by atoms with Gasteiger partial charge in [-0.1, -0.05) is 53.7 Å². The normalized spacial score (nSPS) is 18.7. The first-order valence-electron chi connectivity index (χ1n) is 11.2. The van der Waals surface area contributed by atoms with E-state index in [9.17, 15) is 24.6 Å². The van der Waals surface area contributed by atoms with Crippen molar-refractivity contribution in [3.8, 4) is 11.1 Å². The first-order valence-corrected chi connectivity index (χ1v) is 11.2. The minimum absolute atomic E-state index is 0.0179. The molecule has 10 nitrogen and oxygen atoms in total. The number of nitrogens with zero attached hydrogens (tertiary/aromatic N) is 2. The van der Waals surface area contributed by atoms with Crippen molar-refractivity contribution in [3.05, 3.63) is 77.2 Å². The topological polar surface area (TPSA) is 142 Å². The summed E-state index contributed by atoms with van der Waals surface area (Å²) in [6.07, 6.45) is -0.573. The number of fused-ring (bicyclic) bond motifs is 3. The third kappa shape index (κ3) is 4.24. The highest BCUT2D eigenvalue weighted by molar-refractivity contribution is 5.97. The Bertz CT molecular complexity index is 1240. The summed E-state index contributed by atoms with van der Waals surface area (Å²) in [5.74, 6) is -1.93. The van der Waals surface area contributed by atoms with E-state index in [1.165, 1.54) is 0 Å². The van der Waals surface area contributed by atoms with Gasteiger partial charge in [0.15, 0.2) is 0 Å². The van der Waals surface area contributed by atoms with Crippen LogP contribution in [0.25, 0.3) is 11.1 Å². The van der Waals surface area contributed by atoms with Crippen LogP contribution in [-0.4, -0.2) is 63.5 Å². The summed E-state index contributed by atoms with van der Waals surface area (Å²) in [6, 6.07) is 14.9. The van der Waals surface area contributed by atoms with Crippen LogP contribution in [0, 0.1) is 0 Å². The van der Waals surface area contributed by atoms with Gasteiger partial charge in [-0.05, 0) is 22.3 Å². The van der Waals surface area contributed by atoms with Gasteiger partial charge in [-0.25, -0.2) is 9.59 Å². The zero-order chi connectivity index (χ0) is 24.5. The molecule has 2 aromatic carbocycles. The van der Waals surface area contributed by atoms with Gasteiger partial charge in [-0.15, -0.1) is 0 Å². The largest absolute Gasteiger partial charge is 0.480 e. The van der Waals surface area contributed by atoms with Crippen molar-refractivity contribution in [3.63, 3.8) is 0 Å². The Labute approximate surface area is 200 Å². The lowest BCUT2D eigenvalue weighted by Crippen LogP contribution is -2.41. The Morgan fingerprint density at radius 1 is 1.09 bits per heavy atom. The number of aromatic nitrogens is 1. The Hall–Kier alpha value is -4.18. The van der Waals surface area contributed by atoms with Gasteiger partial charge in [-0.3, -0.25) is 4.79 Å². The maximum Gasteiger partial charge on any atom is 0.407 e. The molecule has 1 aliphatic heterocycles. The number of likely N-dealkylation sites (tertiary alicyclic amines) is 1. The summed E-state index contributed by atoms with van der Waals surface area (Å²) in [6.45, 7) is -0.126. The highest BCUT2D eigenvalue weighted by atomic mass is 16.5. The Morgan fingerprint density at radius 3 is 2.40 bits per heavy atom. The van der Waals surface area contributed by atoms with Crippen molar-refractivity contribution in [2.75, 3.05) is 13.2 Å². The molecule has 2 heterocycles. The first-order chi connectivity index (χ1) is 16.9. The van der Waals surface area contributed by atoms with Gasteiger partial charge in [0.2, 0.25) is 0 Å². The molecule has 1 saturated heterocycles. The van der Waals surface area contributed by atoms with Crippen molar-refractivity contribution in [2.45, 2.75) is 31.0 Å². The summed E-state index contributed by atoms with van der Waals surface area (Å²) in [5.41, 5.74) is 4.57. The molecule has 0 radical (unpaired) electrons. The fourth-order valence-corrected chi connectivity index (χ4v) is 4.79. The van der Waals surface area contributed by atoms with Crippen molar-refractivity contribution in [2.24, 2.45) is 0 Å². The van der Waals surface area contributed by atoms with E-state index in [4.69, 9.17) is 9.26 Å². The smallest absolute Gasteiger partial charge is 0.407 e. The van der Waals surface area contributed by atoms with Crippen LogP contribution < -0.4 is 5.32 Å². The Kier molecular flexibility index (Phi) is 5.96. The number of β-amino-alcohol motifs (C(OH)–C–C–N with tert-alkyl or cyclic N) is 1. The number of aliphatic carboxylic acids is 1. The molecule has 0 spiro atoms. The van der Waals surface area contributed by atoms with E-state index in [2.05, 4.69) is 10.5 Å². The molecule has 1 aromatic heterocycles. The number of carbonyl (C=O) groups excluding carboxylic acids is 2. The van der Waals surface area contributed by atoms with Gasteiger partial charge >= 0.3 is 12.1 Å². The predicted octanol–water partition coefficient (Wildman–Crippen LogP) is 2.37. The summed E-state index contributed by atoms with van der Waals surface area (Å²) in [5, 5.41) is 25.5. The number of benzene rings is 2. The maximum absolute atomic E-state index is 12.9. The van der Waals surface area contributed by atoms with Crippen LogP contribution in [-0.2, 0) is 16.1 Å². The first kappa shape index (κ1) is 22.6. The monoisotopic (exact) mass is 477 g/mol. The standard InChI is InChI=1S/C25H23N3O7/c29-14-9-22(24(31)32)28(11-14)23(30)20-13-35-27-21(20)10-26-25(33)34-12-19-17-7-3-1-5-15(17)16-6-2-4-8-18(16)19/h1-8,13-14,19,22,29H,9-12H2,(H,26,33)(H,31,32)/t14-,22-/m0/s1. The minimum Gasteiger partial charge on any atom is -0.480 e. The molecular formula is C25H23N3O7. The number of amides is 2. The number of carboxylic acid groups (broad SMARTS) is 1. The number of aliphatic hydroxyl groups is 1. The van der Waals surface area contributed by atoms with E-state index >= 15 is 0 Å². The van der Waals surface area contributed by atoms with Crippen molar-refractivity contribution in [1.82, 2.24) is 15.4 Å². The fraction of sp³-hybridized carbons (Fsp3) is 0.280. The summed E-state index contributed by atoms with van der Waals surface area (Å²) >= 11 is 0. The molecule has 35 heavy (non-hydrogen) atoms. The average Bonchev–Trinajstić information content (AvgIpc) is 3.57. The van der Waals surface area contributed by atoms with Gasteiger partial charge in [0.05, 0.1) is 12.6 Å². The van der Waals surface area contributed by atoms with Crippen LogP contribution in [0.15, 0.2) is 59.3 Å². The Morgan fingerprint density at radius 2 is 1.74 bits per heavy atom. The number of ether oxygens (including phenoxy) is 1.